The van der Waals surface area contributed by atoms with Crippen molar-refractivity contribution in [2.45, 2.75) is 0 Å². The smallest absolute Gasteiger partial charge is 0.167 e. The van der Waals surface area contributed by atoms with Crippen LogP contribution in [0, 0.1) is 0 Å². The Balaban J connectivity index is 1.01. The lowest BCUT2D eigenvalue weighted by atomic mass is 10.0. The molecule has 0 amide bonds. The van der Waals surface area contributed by atoms with Gasteiger partial charge in [-0.2, -0.15) is 0 Å². The van der Waals surface area contributed by atoms with Crippen LogP contribution in [0.3, 0.4) is 0 Å². The summed E-state index contributed by atoms with van der Waals surface area (Å²) < 4.78 is 18.3. The number of aromatic nitrogens is 5. The maximum atomic E-state index is 7.10. The molecule has 334 valence electrons. The predicted octanol–water partition coefficient (Wildman–Crippen LogP) is 17.2. The van der Waals surface area contributed by atoms with Crippen LogP contribution in [0.25, 0.3) is 155 Å². The number of para-hydroxylation sites is 4. The standard InChI is InChI=1S/C65H37N5O2/c1-2-19-41(20-3-1)69-50-27-11-8-22-43(50)59-46(25-14-28-51(59)69)63-66-64(47-26-15-31-57-60(47)44-23-9-12-29-55(44)71-57)68-65(67-63)48-33-35-53(61-45-24-10-13-30-56(45)72-62(48)61)70-52-34-32-38-16-6-7-21-42(38)58(52)49-36-39-17-4-5-18-40(39)37-54(49)70/h1-37H. The summed E-state index contributed by atoms with van der Waals surface area (Å²) in [4.78, 5) is 16.5. The number of fused-ring (bicyclic) bond motifs is 15. The van der Waals surface area contributed by atoms with Gasteiger partial charge in [-0.15, -0.1) is 0 Å². The van der Waals surface area contributed by atoms with Crippen LogP contribution in [0.4, 0.5) is 0 Å². The van der Waals surface area contributed by atoms with Crippen molar-refractivity contribution in [1.29, 1.82) is 0 Å². The molecule has 0 saturated carbocycles. The fraction of sp³-hybridized carbons (Fsp3) is 0. The third kappa shape index (κ3) is 5.53. The summed E-state index contributed by atoms with van der Waals surface area (Å²) in [5, 5.41) is 13.3. The number of nitrogens with zero attached hydrogens (tertiary/aromatic N) is 5. The topological polar surface area (TPSA) is 74.8 Å². The van der Waals surface area contributed by atoms with E-state index in [9.17, 15) is 0 Å². The molecular weight excluding hydrogens is 883 g/mol. The number of hydrogen-bond donors (Lipinski definition) is 0. The Hall–Kier alpha value is -9.85. The zero-order chi connectivity index (χ0) is 47.0. The summed E-state index contributed by atoms with van der Waals surface area (Å²) in [5.74, 6) is 1.58. The van der Waals surface area contributed by atoms with Crippen LogP contribution in [-0.2, 0) is 0 Å². The van der Waals surface area contributed by atoms with Gasteiger partial charge in [-0.25, -0.2) is 15.0 Å². The first-order valence-corrected chi connectivity index (χ1v) is 24.3. The van der Waals surface area contributed by atoms with Crippen molar-refractivity contribution >= 4 is 109 Å². The summed E-state index contributed by atoms with van der Waals surface area (Å²) in [6, 6.07) is 79.0. The minimum absolute atomic E-state index is 0.499. The highest BCUT2D eigenvalue weighted by molar-refractivity contribution is 6.25. The zero-order valence-corrected chi connectivity index (χ0v) is 38.4. The molecule has 0 bridgehead atoms. The molecule has 0 aliphatic carbocycles. The summed E-state index contributed by atoms with van der Waals surface area (Å²) in [6.45, 7) is 0. The van der Waals surface area contributed by atoms with Gasteiger partial charge in [0.05, 0.1) is 38.7 Å². The van der Waals surface area contributed by atoms with E-state index in [-0.39, 0.29) is 0 Å². The highest BCUT2D eigenvalue weighted by Gasteiger charge is 2.26. The molecule has 5 aromatic heterocycles. The minimum Gasteiger partial charge on any atom is -0.456 e. The highest BCUT2D eigenvalue weighted by Crippen LogP contribution is 2.46. The second-order valence-electron chi connectivity index (χ2n) is 18.6. The molecule has 0 radical (unpaired) electrons. The number of benzene rings is 11. The first-order valence-electron chi connectivity index (χ1n) is 24.3. The van der Waals surface area contributed by atoms with E-state index in [2.05, 4.69) is 191 Å². The first kappa shape index (κ1) is 39.0. The molecule has 0 saturated heterocycles. The van der Waals surface area contributed by atoms with Crippen molar-refractivity contribution in [2.75, 3.05) is 0 Å². The Morgan fingerprint density at radius 2 is 0.861 bits per heavy atom. The van der Waals surface area contributed by atoms with Gasteiger partial charge in [-0.3, -0.25) is 0 Å². The van der Waals surface area contributed by atoms with Crippen LogP contribution in [0.15, 0.2) is 233 Å². The average molecular weight is 920 g/mol. The van der Waals surface area contributed by atoms with Crippen molar-refractivity contribution in [2.24, 2.45) is 0 Å². The largest absolute Gasteiger partial charge is 0.456 e. The van der Waals surface area contributed by atoms with Gasteiger partial charge in [0, 0.05) is 54.5 Å². The second-order valence-corrected chi connectivity index (χ2v) is 18.6. The van der Waals surface area contributed by atoms with Crippen molar-refractivity contribution in [1.82, 2.24) is 24.1 Å². The van der Waals surface area contributed by atoms with Gasteiger partial charge in [0.2, 0.25) is 0 Å². The Morgan fingerprint density at radius 1 is 0.292 bits per heavy atom. The number of furan rings is 2. The summed E-state index contributed by atoms with van der Waals surface area (Å²) in [7, 11) is 0. The van der Waals surface area contributed by atoms with Gasteiger partial charge in [0.15, 0.2) is 17.5 Å². The maximum absolute atomic E-state index is 7.10. The third-order valence-electron chi connectivity index (χ3n) is 14.7. The van der Waals surface area contributed by atoms with Crippen LogP contribution < -0.4 is 0 Å². The molecule has 0 spiro atoms. The molecule has 72 heavy (non-hydrogen) atoms. The van der Waals surface area contributed by atoms with Gasteiger partial charge in [-0.05, 0) is 94.3 Å². The molecule has 16 rings (SSSR count). The molecule has 0 aliphatic heterocycles. The van der Waals surface area contributed by atoms with Crippen LogP contribution in [-0.4, -0.2) is 24.1 Å². The molecular formula is C65H37N5O2. The van der Waals surface area contributed by atoms with E-state index < -0.39 is 0 Å². The Labute approximate surface area is 410 Å². The molecule has 7 nitrogen and oxygen atoms in total. The van der Waals surface area contributed by atoms with Crippen LogP contribution >= 0.6 is 0 Å². The lowest BCUT2D eigenvalue weighted by Gasteiger charge is -2.14. The molecule has 11 aromatic carbocycles. The SMILES string of the molecule is c1ccc(-n2c3ccccc3c3c(-c4nc(-c5ccc(-n6c7cc8ccccc8cc7c7c8ccccc8ccc76)c6c5oc5ccccc56)nc(-c5cccc6oc7ccccc7c56)n4)cccc32)cc1. The van der Waals surface area contributed by atoms with Crippen molar-refractivity contribution in [3.05, 3.63) is 224 Å². The van der Waals surface area contributed by atoms with E-state index in [1.807, 2.05) is 42.5 Å². The van der Waals surface area contributed by atoms with E-state index in [1.54, 1.807) is 0 Å². The molecule has 0 fully saturated rings. The van der Waals surface area contributed by atoms with E-state index in [0.29, 0.717) is 23.1 Å². The first-order chi connectivity index (χ1) is 35.7. The Morgan fingerprint density at radius 3 is 1.65 bits per heavy atom. The van der Waals surface area contributed by atoms with Gasteiger partial charge in [0.1, 0.15) is 22.3 Å². The zero-order valence-electron chi connectivity index (χ0n) is 38.4. The van der Waals surface area contributed by atoms with E-state index in [1.165, 1.54) is 32.3 Å². The monoisotopic (exact) mass is 919 g/mol. The van der Waals surface area contributed by atoms with Gasteiger partial charge >= 0.3 is 0 Å². The highest BCUT2D eigenvalue weighted by atomic mass is 16.3. The van der Waals surface area contributed by atoms with Crippen molar-refractivity contribution < 1.29 is 8.83 Å². The average Bonchev–Trinajstić information content (AvgIpc) is 4.20. The second kappa shape index (κ2) is 14.8. The van der Waals surface area contributed by atoms with E-state index >= 15 is 0 Å². The number of rotatable bonds is 5. The van der Waals surface area contributed by atoms with E-state index in [4.69, 9.17) is 23.8 Å². The van der Waals surface area contributed by atoms with Crippen LogP contribution in [0.1, 0.15) is 0 Å². The maximum Gasteiger partial charge on any atom is 0.167 e. The molecule has 0 aliphatic rings. The molecule has 16 aromatic rings. The lowest BCUT2D eigenvalue weighted by molar-refractivity contribution is 0.668. The molecule has 0 atom stereocenters. The minimum atomic E-state index is 0.499. The fourth-order valence-electron chi connectivity index (χ4n) is 11.7. The van der Waals surface area contributed by atoms with Crippen LogP contribution in [0.2, 0.25) is 0 Å². The lowest BCUT2D eigenvalue weighted by Crippen LogP contribution is -2.02. The molecule has 0 unspecified atom stereocenters. The molecule has 7 heteroatoms. The van der Waals surface area contributed by atoms with Crippen molar-refractivity contribution in [3.8, 4) is 45.5 Å². The predicted molar refractivity (Wildman–Crippen MR) is 294 cm³/mol. The normalized spacial score (nSPS) is 12.2. The van der Waals surface area contributed by atoms with E-state index in [0.717, 1.165) is 99.2 Å². The molecule has 0 N–H and O–H groups in total. The fourth-order valence-corrected chi connectivity index (χ4v) is 11.7. The van der Waals surface area contributed by atoms with Crippen LogP contribution in [0.5, 0.6) is 0 Å². The Kier molecular flexibility index (Phi) is 8.04. The summed E-state index contributed by atoms with van der Waals surface area (Å²) in [5.41, 5.74) is 12.0. The summed E-state index contributed by atoms with van der Waals surface area (Å²) in [6.07, 6.45) is 0. The van der Waals surface area contributed by atoms with Gasteiger partial charge in [0.25, 0.3) is 0 Å². The summed E-state index contributed by atoms with van der Waals surface area (Å²) >= 11 is 0. The van der Waals surface area contributed by atoms with Crippen molar-refractivity contribution in [3.63, 3.8) is 0 Å². The van der Waals surface area contributed by atoms with Gasteiger partial charge in [-0.1, -0.05) is 152 Å². The number of hydrogen-bond acceptors (Lipinski definition) is 5. The Bertz CT molecular complexity index is 4940. The molecule has 5 heterocycles. The van der Waals surface area contributed by atoms with Gasteiger partial charge < -0.3 is 18.0 Å². The third-order valence-corrected chi connectivity index (χ3v) is 14.7. The quantitative estimate of drug-likeness (QED) is 0.172.